The van der Waals surface area contributed by atoms with E-state index in [2.05, 4.69) is 167 Å². The molecule has 0 aliphatic rings. The molecule has 0 saturated carbocycles. The number of aromatic nitrogens is 3. The number of para-hydroxylation sites is 2. The van der Waals surface area contributed by atoms with Gasteiger partial charge in [-0.05, 0) is 75.5 Å². The summed E-state index contributed by atoms with van der Waals surface area (Å²) in [7, 11) is 0. The van der Waals surface area contributed by atoms with Crippen molar-refractivity contribution in [2.45, 2.75) is 0 Å². The van der Waals surface area contributed by atoms with Gasteiger partial charge in [0, 0.05) is 38.0 Å². The first kappa shape index (κ1) is 25.7. The van der Waals surface area contributed by atoms with Gasteiger partial charge in [0.1, 0.15) is 0 Å². The van der Waals surface area contributed by atoms with Gasteiger partial charge in [-0.25, -0.2) is 0 Å². The molecule has 11 aromatic rings. The third-order valence-corrected chi connectivity index (χ3v) is 10.3. The van der Waals surface area contributed by atoms with Crippen LogP contribution in [0.4, 0.5) is 0 Å². The van der Waals surface area contributed by atoms with Gasteiger partial charge in [-0.2, -0.15) is 0 Å². The Kier molecular flexibility index (Phi) is 5.11. The molecule has 3 heterocycles. The fourth-order valence-electron chi connectivity index (χ4n) is 8.12. The van der Waals surface area contributed by atoms with E-state index in [0.29, 0.717) is 0 Å². The molecule has 0 amide bonds. The van der Waals surface area contributed by atoms with Crippen molar-refractivity contribution >= 4 is 86.8 Å². The smallest absolute Gasteiger partial charge is 0.0781 e. The number of pyridine rings is 1. The maximum absolute atomic E-state index is 5.14. The summed E-state index contributed by atoms with van der Waals surface area (Å²) in [6.07, 6.45) is 2.04. The molecule has 0 spiro atoms. The van der Waals surface area contributed by atoms with Gasteiger partial charge >= 0.3 is 0 Å². The molecular weight excluding hydrogens is 583 g/mol. The van der Waals surface area contributed by atoms with E-state index in [9.17, 15) is 0 Å². The highest BCUT2D eigenvalue weighted by molar-refractivity contribution is 6.21. The topological polar surface area (TPSA) is 22.8 Å². The molecule has 3 aromatic heterocycles. The normalized spacial score (nSPS) is 12.2. The van der Waals surface area contributed by atoms with Gasteiger partial charge in [0.05, 0.1) is 39.5 Å². The zero-order chi connectivity index (χ0) is 31.3. The van der Waals surface area contributed by atoms with Gasteiger partial charge in [0.2, 0.25) is 0 Å². The molecule has 0 saturated heterocycles. The van der Waals surface area contributed by atoms with Crippen molar-refractivity contribution in [1.82, 2.24) is 14.1 Å². The van der Waals surface area contributed by atoms with Crippen molar-refractivity contribution in [3.05, 3.63) is 164 Å². The van der Waals surface area contributed by atoms with Crippen LogP contribution in [0.15, 0.2) is 164 Å². The second-order valence-electron chi connectivity index (χ2n) is 12.8. The van der Waals surface area contributed by atoms with E-state index in [1.807, 2.05) is 6.20 Å². The van der Waals surface area contributed by atoms with Crippen LogP contribution in [-0.4, -0.2) is 14.1 Å². The first-order valence-corrected chi connectivity index (χ1v) is 16.5. The van der Waals surface area contributed by atoms with Crippen molar-refractivity contribution in [3.63, 3.8) is 0 Å². The third-order valence-electron chi connectivity index (χ3n) is 10.3. The molecule has 48 heavy (non-hydrogen) atoms. The second-order valence-corrected chi connectivity index (χ2v) is 12.8. The van der Waals surface area contributed by atoms with Crippen molar-refractivity contribution < 1.29 is 0 Å². The summed E-state index contributed by atoms with van der Waals surface area (Å²) in [6.45, 7) is 0. The number of rotatable bonds is 2. The second kappa shape index (κ2) is 9.54. The monoisotopic (exact) mass is 609 g/mol. The average molecular weight is 610 g/mol. The van der Waals surface area contributed by atoms with Crippen LogP contribution in [0, 0.1) is 0 Å². The van der Waals surface area contributed by atoms with Gasteiger partial charge in [-0.3, -0.25) is 4.98 Å². The molecule has 0 bridgehead atoms. The fraction of sp³-hybridized carbons (Fsp3) is 0. The molecule has 8 aromatic carbocycles. The fourth-order valence-corrected chi connectivity index (χ4v) is 8.12. The number of hydrogen-bond donors (Lipinski definition) is 0. The maximum Gasteiger partial charge on any atom is 0.0781 e. The van der Waals surface area contributed by atoms with Crippen LogP contribution in [0.5, 0.6) is 0 Å². The van der Waals surface area contributed by atoms with Crippen LogP contribution >= 0.6 is 0 Å². The highest BCUT2D eigenvalue weighted by Crippen LogP contribution is 2.39. The predicted octanol–water partition coefficient (Wildman–Crippen LogP) is 11.9. The number of nitrogens with zero attached hydrogens (tertiary/aromatic N) is 3. The Hall–Kier alpha value is -6.45. The first-order chi connectivity index (χ1) is 23.8. The Bertz CT molecular complexity index is 3050. The van der Waals surface area contributed by atoms with Crippen molar-refractivity contribution in [2.24, 2.45) is 0 Å². The third kappa shape index (κ3) is 3.50. The summed E-state index contributed by atoms with van der Waals surface area (Å²) in [6, 6.07) is 57.4. The quantitative estimate of drug-likeness (QED) is 0.179. The largest absolute Gasteiger partial charge is 0.309 e. The average Bonchev–Trinajstić information content (AvgIpc) is 3.66. The van der Waals surface area contributed by atoms with E-state index in [1.54, 1.807) is 0 Å². The minimum absolute atomic E-state index is 1.02. The first-order valence-electron chi connectivity index (χ1n) is 16.5. The molecule has 3 nitrogen and oxygen atoms in total. The summed E-state index contributed by atoms with van der Waals surface area (Å²) in [4.78, 5) is 5.14. The lowest BCUT2D eigenvalue weighted by Gasteiger charge is -2.12. The summed E-state index contributed by atoms with van der Waals surface area (Å²) in [5.41, 5.74) is 8.05. The van der Waals surface area contributed by atoms with E-state index in [4.69, 9.17) is 4.98 Å². The molecule has 3 heteroatoms. The predicted molar refractivity (Wildman–Crippen MR) is 203 cm³/mol. The number of benzene rings is 8. The molecule has 0 fully saturated rings. The molecule has 0 unspecified atom stereocenters. The van der Waals surface area contributed by atoms with Crippen LogP contribution in [0.25, 0.3) is 98.2 Å². The van der Waals surface area contributed by atoms with E-state index in [-0.39, 0.29) is 0 Å². The van der Waals surface area contributed by atoms with Crippen molar-refractivity contribution in [2.75, 3.05) is 0 Å². The molecule has 0 radical (unpaired) electrons. The van der Waals surface area contributed by atoms with Crippen molar-refractivity contribution in [3.8, 4) is 11.4 Å². The lowest BCUT2D eigenvalue weighted by atomic mass is 10.0. The van der Waals surface area contributed by atoms with Crippen LogP contribution in [0.2, 0.25) is 0 Å². The number of fused-ring (bicyclic) bond motifs is 12. The summed E-state index contributed by atoms with van der Waals surface area (Å²) in [5.74, 6) is 0. The van der Waals surface area contributed by atoms with Gasteiger partial charge in [0.25, 0.3) is 0 Å². The SMILES string of the molecule is c1ccc2cc3c(cc2c1)c1ccccc1n3-c1ccc2c(ccc3cc(-n4c5ccccc5c5c6ccccc6ccc54)cnc32)c1. The Labute approximate surface area is 275 Å². The van der Waals surface area contributed by atoms with Gasteiger partial charge in [0.15, 0.2) is 0 Å². The lowest BCUT2D eigenvalue weighted by molar-refractivity contribution is 1.16. The van der Waals surface area contributed by atoms with Crippen LogP contribution in [-0.2, 0) is 0 Å². The summed E-state index contributed by atoms with van der Waals surface area (Å²) >= 11 is 0. The van der Waals surface area contributed by atoms with Gasteiger partial charge in [-0.1, -0.05) is 109 Å². The Morgan fingerprint density at radius 1 is 0.333 bits per heavy atom. The molecule has 222 valence electrons. The van der Waals surface area contributed by atoms with Gasteiger partial charge in [-0.15, -0.1) is 0 Å². The molecule has 0 aliphatic heterocycles. The summed E-state index contributed by atoms with van der Waals surface area (Å²) < 4.78 is 4.77. The van der Waals surface area contributed by atoms with Crippen LogP contribution < -0.4 is 0 Å². The molecule has 0 atom stereocenters. The maximum atomic E-state index is 5.14. The van der Waals surface area contributed by atoms with Crippen molar-refractivity contribution in [1.29, 1.82) is 0 Å². The van der Waals surface area contributed by atoms with Crippen LogP contribution in [0.1, 0.15) is 0 Å². The van der Waals surface area contributed by atoms with E-state index in [0.717, 1.165) is 27.7 Å². The van der Waals surface area contributed by atoms with E-state index in [1.165, 1.54) is 70.5 Å². The summed E-state index contributed by atoms with van der Waals surface area (Å²) in [5, 5.41) is 13.6. The van der Waals surface area contributed by atoms with E-state index < -0.39 is 0 Å². The standard InChI is InChI=1S/C45H27N3/c1-2-11-30-26-43-39(25-29(30)10-1)37-13-5-7-15-40(37)47(43)33-20-21-36-31(23-33)17-18-32-24-34(27-46-45(32)36)48-41-16-8-6-14-38(41)44-35-12-4-3-9-28(35)19-22-42(44)48/h1-27H. The van der Waals surface area contributed by atoms with E-state index >= 15 is 0 Å². The molecule has 11 rings (SSSR count). The molecular formula is C45H27N3. The van der Waals surface area contributed by atoms with Gasteiger partial charge < -0.3 is 9.13 Å². The molecule has 0 aliphatic carbocycles. The Balaban J connectivity index is 1.10. The lowest BCUT2D eigenvalue weighted by Crippen LogP contribution is -1.96. The minimum Gasteiger partial charge on any atom is -0.309 e. The Morgan fingerprint density at radius 3 is 1.81 bits per heavy atom. The number of hydrogen-bond acceptors (Lipinski definition) is 1. The molecule has 0 N–H and O–H groups in total. The Morgan fingerprint density at radius 2 is 0.958 bits per heavy atom. The zero-order valence-corrected chi connectivity index (χ0v) is 25.9. The highest BCUT2D eigenvalue weighted by atomic mass is 15.0. The highest BCUT2D eigenvalue weighted by Gasteiger charge is 2.17. The van der Waals surface area contributed by atoms with Crippen LogP contribution in [0.3, 0.4) is 0 Å². The zero-order valence-electron chi connectivity index (χ0n) is 25.9. The minimum atomic E-state index is 1.02.